The normalized spacial score (nSPS) is 7.60. The third-order valence-electron chi connectivity index (χ3n) is 0.289. The van der Waals surface area contributed by atoms with E-state index in [4.69, 9.17) is 0 Å². The van der Waals surface area contributed by atoms with E-state index in [0.29, 0.717) is 0 Å². The maximum absolute atomic E-state index is 2.81. The summed E-state index contributed by atoms with van der Waals surface area (Å²) in [4.78, 5) is 0. The molecule has 0 rings (SSSR count). The molecule has 0 aromatic rings. The van der Waals surface area contributed by atoms with Crippen LogP contribution in [0.15, 0.2) is 6.08 Å². The molecule has 0 heterocycles. The van der Waals surface area contributed by atoms with Crippen molar-refractivity contribution in [3.05, 3.63) is 12.2 Å². The van der Waals surface area contributed by atoms with E-state index in [1.54, 1.807) is 0 Å². The standard InChI is InChI=1S/C4H7.Li/c1-3-4-2;/h3H,1-2H3;/q-1;+1. The molecule has 0 saturated heterocycles. The SMILES string of the molecule is C[C-]=CC.[Li+]. The molecule has 1 heteroatoms. The fourth-order valence-corrected chi connectivity index (χ4v) is 0. The molecular formula is C4H7Li. The molecule has 0 bridgehead atoms. The van der Waals surface area contributed by atoms with Crippen LogP contribution in [-0.2, 0) is 0 Å². The van der Waals surface area contributed by atoms with Crippen molar-refractivity contribution in [3.63, 3.8) is 0 Å². The molecule has 0 N–H and O–H groups in total. The zero-order valence-corrected chi connectivity index (χ0v) is 4.08. The maximum Gasteiger partial charge on any atom is 1.00 e. The first kappa shape index (κ1) is 9.02. The van der Waals surface area contributed by atoms with Gasteiger partial charge in [-0.1, -0.05) is 6.92 Å². The van der Waals surface area contributed by atoms with Crippen molar-refractivity contribution >= 4 is 0 Å². The van der Waals surface area contributed by atoms with Gasteiger partial charge in [0.1, 0.15) is 0 Å². The second-order valence-corrected chi connectivity index (χ2v) is 0.577. The van der Waals surface area contributed by atoms with Crippen LogP contribution >= 0.6 is 0 Å². The van der Waals surface area contributed by atoms with Crippen LogP contribution in [0.3, 0.4) is 0 Å². The fourth-order valence-electron chi connectivity index (χ4n) is 0. The van der Waals surface area contributed by atoms with E-state index < -0.39 is 0 Å². The Morgan fingerprint density at radius 2 is 1.80 bits per heavy atom. The number of hydrogen-bond donors (Lipinski definition) is 0. The Balaban J connectivity index is 0. The van der Waals surface area contributed by atoms with Gasteiger partial charge in [0.2, 0.25) is 0 Å². The van der Waals surface area contributed by atoms with Crippen molar-refractivity contribution in [1.82, 2.24) is 0 Å². The number of allylic oxidation sites excluding steroid dienone is 2. The Morgan fingerprint density at radius 1 is 1.60 bits per heavy atom. The van der Waals surface area contributed by atoms with Crippen LogP contribution in [0, 0.1) is 6.08 Å². The van der Waals surface area contributed by atoms with Crippen LogP contribution in [0.1, 0.15) is 13.8 Å². The Hall–Kier alpha value is 0.337. The largest absolute Gasteiger partial charge is 1.00 e. The molecule has 0 nitrogen and oxygen atoms in total. The Bertz CT molecular complexity index is 18.8. The minimum Gasteiger partial charge on any atom is -0.504 e. The van der Waals surface area contributed by atoms with Gasteiger partial charge < -0.3 is 6.08 Å². The first-order valence-electron chi connectivity index (χ1n) is 1.37. The van der Waals surface area contributed by atoms with E-state index in [1.807, 2.05) is 19.9 Å². The molecule has 24 valence electrons. The molecule has 5 heavy (non-hydrogen) atoms. The minimum atomic E-state index is 0. The van der Waals surface area contributed by atoms with Crippen molar-refractivity contribution < 1.29 is 18.9 Å². The van der Waals surface area contributed by atoms with Gasteiger partial charge in [-0.05, 0) is 0 Å². The molecule has 0 spiro atoms. The van der Waals surface area contributed by atoms with E-state index in [9.17, 15) is 0 Å². The molecule has 0 amide bonds. The summed E-state index contributed by atoms with van der Waals surface area (Å²) >= 11 is 0. The van der Waals surface area contributed by atoms with Gasteiger partial charge in [-0.25, -0.2) is 0 Å². The third-order valence-corrected chi connectivity index (χ3v) is 0.289. The minimum absolute atomic E-state index is 0. The summed E-state index contributed by atoms with van der Waals surface area (Å²) in [6.45, 7) is 3.82. The monoisotopic (exact) mass is 62.1 g/mol. The van der Waals surface area contributed by atoms with E-state index >= 15 is 0 Å². The average Bonchev–Trinajstić information content (AvgIpc) is 1.37. The summed E-state index contributed by atoms with van der Waals surface area (Å²) in [6.07, 6.45) is 4.68. The van der Waals surface area contributed by atoms with E-state index in [0.717, 1.165) is 0 Å². The van der Waals surface area contributed by atoms with Crippen molar-refractivity contribution in [3.8, 4) is 0 Å². The van der Waals surface area contributed by atoms with Gasteiger partial charge in [0, 0.05) is 0 Å². The Morgan fingerprint density at radius 3 is 1.80 bits per heavy atom. The molecule has 0 aromatic carbocycles. The van der Waals surface area contributed by atoms with Crippen molar-refractivity contribution in [2.45, 2.75) is 13.8 Å². The van der Waals surface area contributed by atoms with Crippen molar-refractivity contribution in [1.29, 1.82) is 0 Å². The van der Waals surface area contributed by atoms with E-state index in [-0.39, 0.29) is 18.9 Å². The molecule has 0 aliphatic carbocycles. The van der Waals surface area contributed by atoms with Crippen LogP contribution in [-0.4, -0.2) is 0 Å². The van der Waals surface area contributed by atoms with Gasteiger partial charge in [0.15, 0.2) is 0 Å². The molecular weight excluding hydrogens is 55.0 g/mol. The summed E-state index contributed by atoms with van der Waals surface area (Å²) in [6, 6.07) is 0. The van der Waals surface area contributed by atoms with Crippen molar-refractivity contribution in [2.75, 3.05) is 0 Å². The first-order valence-corrected chi connectivity index (χ1v) is 1.37. The summed E-state index contributed by atoms with van der Waals surface area (Å²) in [7, 11) is 0. The van der Waals surface area contributed by atoms with Gasteiger partial charge >= 0.3 is 18.9 Å². The van der Waals surface area contributed by atoms with Crippen molar-refractivity contribution in [2.24, 2.45) is 0 Å². The average molecular weight is 62.0 g/mol. The van der Waals surface area contributed by atoms with Gasteiger partial charge in [-0.2, -0.15) is 6.92 Å². The number of rotatable bonds is 0. The zero-order valence-electron chi connectivity index (χ0n) is 4.08. The number of hydrogen-bond acceptors (Lipinski definition) is 0. The first-order chi connectivity index (χ1) is 1.91. The summed E-state index contributed by atoms with van der Waals surface area (Å²) < 4.78 is 0. The third kappa shape index (κ3) is 13.2. The second kappa shape index (κ2) is 8.84. The van der Waals surface area contributed by atoms with Gasteiger partial charge in [-0.15, -0.1) is 0 Å². The maximum atomic E-state index is 2.81. The molecule has 0 unspecified atom stereocenters. The van der Waals surface area contributed by atoms with Crippen LogP contribution in [0.2, 0.25) is 0 Å². The predicted octanol–water partition coefficient (Wildman–Crippen LogP) is -1.61. The molecule has 0 aliphatic heterocycles. The molecule has 0 radical (unpaired) electrons. The Kier molecular flexibility index (Phi) is 15.9. The molecule has 0 fully saturated rings. The predicted molar refractivity (Wildman–Crippen MR) is 19.2 cm³/mol. The summed E-state index contributed by atoms with van der Waals surface area (Å²) in [5.41, 5.74) is 0. The van der Waals surface area contributed by atoms with Crippen LogP contribution in [0.25, 0.3) is 0 Å². The quantitative estimate of drug-likeness (QED) is 0.234. The van der Waals surface area contributed by atoms with Gasteiger partial charge in [0.25, 0.3) is 0 Å². The second-order valence-electron chi connectivity index (χ2n) is 0.577. The van der Waals surface area contributed by atoms with E-state index in [2.05, 4.69) is 6.08 Å². The van der Waals surface area contributed by atoms with Gasteiger partial charge in [-0.3, -0.25) is 6.08 Å². The zero-order chi connectivity index (χ0) is 3.41. The van der Waals surface area contributed by atoms with Crippen LogP contribution in [0.4, 0.5) is 0 Å². The smallest absolute Gasteiger partial charge is 0.504 e. The molecule has 0 atom stereocenters. The summed E-state index contributed by atoms with van der Waals surface area (Å²) in [5, 5.41) is 0. The molecule has 0 aromatic heterocycles. The van der Waals surface area contributed by atoms with E-state index in [1.165, 1.54) is 0 Å². The molecule has 0 saturated carbocycles. The topological polar surface area (TPSA) is 0 Å². The Labute approximate surface area is 45.4 Å². The summed E-state index contributed by atoms with van der Waals surface area (Å²) in [5.74, 6) is 0. The van der Waals surface area contributed by atoms with Crippen LogP contribution in [0.5, 0.6) is 0 Å². The fraction of sp³-hybridized carbons (Fsp3) is 0.500. The molecule has 0 aliphatic rings. The van der Waals surface area contributed by atoms with Gasteiger partial charge in [0.05, 0.1) is 0 Å². The van der Waals surface area contributed by atoms with Crippen LogP contribution < -0.4 is 18.9 Å².